The molecule has 3 aliphatic rings. The number of fused-ring (bicyclic) bond motifs is 2. The van der Waals surface area contributed by atoms with Crippen LogP contribution in [0.5, 0.6) is 5.75 Å². The van der Waals surface area contributed by atoms with Crippen LogP contribution in [-0.4, -0.2) is 39.6 Å². The van der Waals surface area contributed by atoms with Crippen molar-refractivity contribution in [2.75, 3.05) is 0 Å². The molecule has 3 N–H and O–H groups in total. The van der Waals surface area contributed by atoms with Crippen LogP contribution in [0.15, 0.2) is 54.6 Å². The molecule has 0 saturated heterocycles. The highest BCUT2D eigenvalue weighted by Crippen LogP contribution is 2.52. The Morgan fingerprint density at radius 3 is 2.75 bits per heavy atom. The molecular weight excluding hydrogens is 404 g/mol. The summed E-state index contributed by atoms with van der Waals surface area (Å²) in [6.45, 7) is 2.07. The summed E-state index contributed by atoms with van der Waals surface area (Å²) in [6.07, 6.45) is 6.67. The largest absolute Gasteiger partial charge is 0.490 e. The summed E-state index contributed by atoms with van der Waals surface area (Å²) >= 11 is 0. The number of aliphatic hydroxyl groups is 2. The number of carbonyl (C=O) groups is 1. The Labute approximate surface area is 188 Å². The van der Waals surface area contributed by atoms with Crippen molar-refractivity contribution < 1.29 is 24.9 Å². The number of benzene rings is 2. The molecule has 5 heteroatoms. The lowest BCUT2D eigenvalue weighted by molar-refractivity contribution is 0.0695. The van der Waals surface area contributed by atoms with Gasteiger partial charge in [0.25, 0.3) is 0 Å². The lowest BCUT2D eigenvalue weighted by Gasteiger charge is -2.23. The Balaban J connectivity index is 1.33. The van der Waals surface area contributed by atoms with E-state index in [-0.39, 0.29) is 28.9 Å². The van der Waals surface area contributed by atoms with E-state index in [0.29, 0.717) is 12.2 Å². The van der Waals surface area contributed by atoms with E-state index in [0.717, 1.165) is 31.2 Å². The van der Waals surface area contributed by atoms with Gasteiger partial charge in [-0.2, -0.15) is 0 Å². The van der Waals surface area contributed by atoms with Crippen LogP contribution in [0.2, 0.25) is 0 Å². The van der Waals surface area contributed by atoms with Gasteiger partial charge in [-0.1, -0.05) is 48.0 Å². The molecule has 0 radical (unpaired) electrons. The molecule has 5 atom stereocenters. The normalized spacial score (nSPS) is 29.0. The van der Waals surface area contributed by atoms with Gasteiger partial charge >= 0.3 is 5.97 Å². The number of rotatable bonds is 5. The molecule has 2 aliphatic carbocycles. The molecule has 1 unspecified atom stereocenters. The Kier molecular flexibility index (Phi) is 5.34. The number of ether oxygens (including phenoxy) is 1. The van der Waals surface area contributed by atoms with Crippen LogP contribution in [0.25, 0.3) is 0 Å². The first-order valence-electron chi connectivity index (χ1n) is 11.5. The third-order valence-electron chi connectivity index (χ3n) is 7.69. The molecule has 1 heterocycles. The van der Waals surface area contributed by atoms with Crippen LogP contribution in [0.1, 0.15) is 52.7 Å². The topological polar surface area (TPSA) is 87.0 Å². The van der Waals surface area contributed by atoms with E-state index >= 15 is 0 Å². The summed E-state index contributed by atoms with van der Waals surface area (Å²) in [5, 5.41) is 31.1. The highest BCUT2D eigenvalue weighted by Gasteiger charge is 2.50. The smallest absolute Gasteiger partial charge is 0.335 e. The van der Waals surface area contributed by atoms with E-state index in [9.17, 15) is 20.1 Å². The van der Waals surface area contributed by atoms with Crippen LogP contribution in [0.3, 0.4) is 0 Å². The first-order valence-corrected chi connectivity index (χ1v) is 11.5. The fraction of sp³-hybridized carbons (Fsp3) is 0.444. The van der Waals surface area contributed by atoms with Gasteiger partial charge in [-0.3, -0.25) is 0 Å². The van der Waals surface area contributed by atoms with Crippen molar-refractivity contribution in [2.45, 2.75) is 62.8 Å². The minimum atomic E-state index is -0.971. The standard InChI is InChI=1S/C27H30O5/c1-16-3-2-4-19(13-16)27(11-12-27)25(29)10-9-20-21-8-7-17-5-6-18(26(30)31)14-23(17)32-24(21)15-22(20)28/h2-6,9-10,13-14,20-22,24-25,28-29H,7-8,11-12,15H2,1H3,(H,30,31)/b10-9+/t20-,21-,22-,24+,25?/m1/s1. The summed E-state index contributed by atoms with van der Waals surface area (Å²) in [7, 11) is 0. The molecule has 5 nitrogen and oxygen atoms in total. The number of carboxylic acids is 1. The summed E-state index contributed by atoms with van der Waals surface area (Å²) in [5.41, 5.74) is 3.39. The fourth-order valence-electron chi connectivity index (χ4n) is 5.64. The zero-order valence-electron chi connectivity index (χ0n) is 18.3. The van der Waals surface area contributed by atoms with Gasteiger partial charge in [0.05, 0.1) is 17.8 Å². The number of hydrogen-bond acceptors (Lipinski definition) is 4. The molecule has 2 aromatic carbocycles. The van der Waals surface area contributed by atoms with Gasteiger partial charge in [0.2, 0.25) is 0 Å². The van der Waals surface area contributed by atoms with Crippen LogP contribution in [0.4, 0.5) is 0 Å². The van der Waals surface area contributed by atoms with Crippen molar-refractivity contribution in [3.63, 3.8) is 0 Å². The maximum atomic E-state index is 11.3. The Morgan fingerprint density at radius 2 is 2.03 bits per heavy atom. The molecular formula is C27H30O5. The Bertz CT molecular complexity index is 1050. The van der Waals surface area contributed by atoms with Gasteiger partial charge < -0.3 is 20.1 Å². The van der Waals surface area contributed by atoms with E-state index in [2.05, 4.69) is 25.1 Å². The lowest BCUT2D eigenvalue weighted by atomic mass is 9.85. The van der Waals surface area contributed by atoms with E-state index in [4.69, 9.17) is 4.74 Å². The predicted molar refractivity (Wildman–Crippen MR) is 121 cm³/mol. The predicted octanol–water partition coefficient (Wildman–Crippen LogP) is 4.03. The van der Waals surface area contributed by atoms with Crippen LogP contribution < -0.4 is 4.74 Å². The van der Waals surface area contributed by atoms with E-state index in [1.165, 1.54) is 11.1 Å². The van der Waals surface area contributed by atoms with E-state index in [1.54, 1.807) is 12.1 Å². The Morgan fingerprint density at radius 1 is 1.22 bits per heavy atom. The second-order valence-corrected chi connectivity index (χ2v) is 9.72. The summed E-state index contributed by atoms with van der Waals surface area (Å²) < 4.78 is 6.22. The number of aliphatic hydroxyl groups excluding tert-OH is 2. The van der Waals surface area contributed by atoms with Crippen molar-refractivity contribution in [3.05, 3.63) is 76.9 Å². The van der Waals surface area contributed by atoms with Crippen molar-refractivity contribution in [1.82, 2.24) is 0 Å². The average Bonchev–Trinajstić information content (AvgIpc) is 3.54. The molecule has 32 heavy (non-hydrogen) atoms. The highest BCUT2D eigenvalue weighted by molar-refractivity contribution is 5.88. The molecule has 2 saturated carbocycles. The number of aromatic carboxylic acids is 1. The molecule has 2 fully saturated rings. The first-order chi connectivity index (χ1) is 15.4. The fourth-order valence-corrected chi connectivity index (χ4v) is 5.64. The average molecular weight is 435 g/mol. The third kappa shape index (κ3) is 3.74. The SMILES string of the molecule is Cc1cccc(C2(C(O)/C=C/[C@@H]3[C@H]4CCc5ccc(C(=O)O)cc5O[C@H]4C[C@H]3O)CC2)c1. The minimum Gasteiger partial charge on any atom is -0.490 e. The molecule has 2 aromatic rings. The van der Waals surface area contributed by atoms with Crippen molar-refractivity contribution in [1.29, 1.82) is 0 Å². The molecule has 0 spiro atoms. The third-order valence-corrected chi connectivity index (χ3v) is 7.69. The van der Waals surface area contributed by atoms with E-state index in [1.807, 2.05) is 24.3 Å². The molecule has 5 rings (SSSR count). The second-order valence-electron chi connectivity index (χ2n) is 9.72. The Hall–Kier alpha value is -2.63. The molecule has 0 amide bonds. The summed E-state index contributed by atoms with van der Waals surface area (Å²) in [4.78, 5) is 11.3. The maximum absolute atomic E-state index is 11.3. The van der Waals surface area contributed by atoms with Crippen LogP contribution in [0, 0.1) is 18.8 Å². The van der Waals surface area contributed by atoms with Crippen molar-refractivity contribution in [3.8, 4) is 5.75 Å². The van der Waals surface area contributed by atoms with Gasteiger partial charge in [0.15, 0.2) is 0 Å². The maximum Gasteiger partial charge on any atom is 0.335 e. The van der Waals surface area contributed by atoms with Gasteiger partial charge in [0.1, 0.15) is 11.9 Å². The van der Waals surface area contributed by atoms with Gasteiger partial charge in [-0.15, -0.1) is 0 Å². The van der Waals surface area contributed by atoms with E-state index < -0.39 is 18.2 Å². The summed E-state index contributed by atoms with van der Waals surface area (Å²) in [6, 6.07) is 13.4. The number of carboxylic acid groups (broad SMARTS) is 1. The number of aryl methyl sites for hydroxylation is 2. The van der Waals surface area contributed by atoms with Crippen molar-refractivity contribution in [2.24, 2.45) is 11.8 Å². The van der Waals surface area contributed by atoms with Crippen LogP contribution in [-0.2, 0) is 11.8 Å². The molecule has 1 aliphatic heterocycles. The molecule has 168 valence electrons. The second kappa shape index (κ2) is 8.05. The first kappa shape index (κ1) is 21.2. The molecule has 0 bridgehead atoms. The highest BCUT2D eigenvalue weighted by atomic mass is 16.5. The van der Waals surface area contributed by atoms with Gasteiger partial charge in [-0.05, 0) is 55.9 Å². The zero-order valence-corrected chi connectivity index (χ0v) is 18.3. The van der Waals surface area contributed by atoms with Crippen molar-refractivity contribution >= 4 is 5.97 Å². The van der Waals surface area contributed by atoms with Gasteiger partial charge in [-0.25, -0.2) is 4.79 Å². The number of hydrogen-bond donors (Lipinski definition) is 3. The minimum absolute atomic E-state index is 0.0868. The quantitative estimate of drug-likeness (QED) is 0.619. The zero-order chi connectivity index (χ0) is 22.5. The summed E-state index contributed by atoms with van der Waals surface area (Å²) in [5.74, 6) is -0.314. The van der Waals surface area contributed by atoms with Crippen LogP contribution >= 0.6 is 0 Å². The van der Waals surface area contributed by atoms with Gasteiger partial charge in [0, 0.05) is 23.7 Å². The lowest BCUT2D eigenvalue weighted by Crippen LogP contribution is -2.26. The molecule has 0 aromatic heterocycles. The monoisotopic (exact) mass is 434 g/mol.